The minimum atomic E-state index is -0.438. The molecule has 0 spiro atoms. The van der Waals surface area contributed by atoms with Crippen molar-refractivity contribution in [3.8, 4) is 0 Å². The highest BCUT2D eigenvalue weighted by Crippen LogP contribution is 2.31. The van der Waals surface area contributed by atoms with Crippen molar-refractivity contribution in [3.63, 3.8) is 0 Å². The number of ether oxygens (including phenoxy) is 1. The Hall–Kier alpha value is -1.53. The molecule has 0 aliphatic heterocycles. The highest BCUT2D eigenvalue weighted by Gasteiger charge is 2.24. The van der Waals surface area contributed by atoms with Gasteiger partial charge in [-0.15, -0.1) is 11.3 Å². The highest BCUT2D eigenvalue weighted by molar-refractivity contribution is 8.01. The first kappa shape index (κ1) is 22.2. The maximum absolute atomic E-state index is 11.9. The standard InChI is InChI=1S/C23H32N2O2S2/c1-16(15-28-22-25-19-7-5-6-8-20(19)29-22)9-10-17-11-13-18(14-12-17)24-21(26)27-23(2,3)4/h5-9,17-18H,10-15H2,1-4H3,(H,24,26)/b16-9+. The fourth-order valence-corrected chi connectivity index (χ4v) is 5.54. The number of thioether (sulfide) groups is 1. The molecule has 0 atom stereocenters. The van der Waals surface area contributed by atoms with Crippen molar-refractivity contribution in [2.45, 2.75) is 75.8 Å². The van der Waals surface area contributed by atoms with Crippen molar-refractivity contribution in [1.29, 1.82) is 0 Å². The van der Waals surface area contributed by atoms with E-state index in [-0.39, 0.29) is 12.1 Å². The number of amides is 1. The van der Waals surface area contributed by atoms with Crippen molar-refractivity contribution in [2.24, 2.45) is 5.92 Å². The molecule has 4 nitrogen and oxygen atoms in total. The molecular weight excluding hydrogens is 400 g/mol. The van der Waals surface area contributed by atoms with Gasteiger partial charge in [0.05, 0.1) is 10.2 Å². The van der Waals surface area contributed by atoms with Gasteiger partial charge in [-0.1, -0.05) is 35.5 Å². The van der Waals surface area contributed by atoms with Crippen LogP contribution in [0, 0.1) is 5.92 Å². The third-order valence-electron chi connectivity index (χ3n) is 5.06. The maximum atomic E-state index is 11.9. The lowest BCUT2D eigenvalue weighted by molar-refractivity contribution is 0.0487. The number of fused-ring (bicyclic) bond motifs is 1. The Morgan fingerprint density at radius 2 is 2.00 bits per heavy atom. The first-order valence-corrected chi connectivity index (χ1v) is 12.2. The molecule has 1 aliphatic carbocycles. The van der Waals surface area contributed by atoms with Gasteiger partial charge in [-0.2, -0.15) is 0 Å². The highest BCUT2D eigenvalue weighted by atomic mass is 32.2. The van der Waals surface area contributed by atoms with Gasteiger partial charge in [0.1, 0.15) is 5.60 Å². The maximum Gasteiger partial charge on any atom is 0.407 e. The van der Waals surface area contributed by atoms with Crippen LogP contribution in [-0.2, 0) is 4.74 Å². The summed E-state index contributed by atoms with van der Waals surface area (Å²) in [6, 6.07) is 8.57. The summed E-state index contributed by atoms with van der Waals surface area (Å²) < 4.78 is 7.77. The zero-order valence-corrected chi connectivity index (χ0v) is 19.5. The van der Waals surface area contributed by atoms with Gasteiger partial charge in [0.2, 0.25) is 0 Å². The molecular formula is C23H32N2O2S2. The van der Waals surface area contributed by atoms with E-state index < -0.39 is 5.60 Å². The lowest BCUT2D eigenvalue weighted by Gasteiger charge is -2.29. The number of para-hydroxylation sites is 1. The number of thiazole rings is 1. The number of hydrogen-bond acceptors (Lipinski definition) is 5. The second-order valence-electron chi connectivity index (χ2n) is 8.89. The van der Waals surface area contributed by atoms with Crippen LogP contribution in [-0.4, -0.2) is 28.5 Å². The minimum Gasteiger partial charge on any atom is -0.444 e. The molecule has 3 rings (SSSR count). The topological polar surface area (TPSA) is 51.2 Å². The van der Waals surface area contributed by atoms with Gasteiger partial charge in [-0.05, 0) is 77.8 Å². The molecule has 29 heavy (non-hydrogen) atoms. The van der Waals surface area contributed by atoms with E-state index >= 15 is 0 Å². The summed E-state index contributed by atoms with van der Waals surface area (Å²) in [6.07, 6.45) is 7.64. The fourth-order valence-electron chi connectivity index (χ4n) is 3.53. The molecule has 0 bridgehead atoms. The van der Waals surface area contributed by atoms with Crippen LogP contribution in [0.1, 0.15) is 59.8 Å². The number of benzene rings is 1. The summed E-state index contributed by atoms with van der Waals surface area (Å²) in [5, 5.41) is 3.02. The fraction of sp³-hybridized carbons (Fsp3) is 0.565. The molecule has 1 aromatic carbocycles. The van der Waals surface area contributed by atoms with E-state index in [0.717, 1.165) is 47.7 Å². The third kappa shape index (κ3) is 7.34. The molecule has 6 heteroatoms. The number of alkyl carbamates (subject to hydrolysis) is 1. The van der Waals surface area contributed by atoms with Crippen LogP contribution in [0.4, 0.5) is 4.79 Å². The van der Waals surface area contributed by atoms with Gasteiger partial charge in [0.25, 0.3) is 0 Å². The molecule has 1 N–H and O–H groups in total. The second-order valence-corrected chi connectivity index (χ2v) is 11.1. The number of nitrogens with one attached hydrogen (secondary N) is 1. The van der Waals surface area contributed by atoms with Crippen LogP contribution in [0.3, 0.4) is 0 Å². The van der Waals surface area contributed by atoms with Crippen LogP contribution in [0.25, 0.3) is 10.2 Å². The average Bonchev–Trinajstić information content (AvgIpc) is 3.07. The predicted octanol–water partition coefficient (Wildman–Crippen LogP) is 6.81. The molecule has 2 aromatic rings. The summed E-state index contributed by atoms with van der Waals surface area (Å²) in [7, 11) is 0. The first-order valence-electron chi connectivity index (χ1n) is 10.4. The number of carbonyl (C=O) groups is 1. The van der Waals surface area contributed by atoms with Crippen LogP contribution in [0.5, 0.6) is 0 Å². The molecule has 1 aliphatic rings. The van der Waals surface area contributed by atoms with Crippen molar-refractivity contribution >= 4 is 39.4 Å². The number of aromatic nitrogens is 1. The SMILES string of the molecule is C/C(=C\CC1CCC(NC(=O)OC(C)(C)C)CC1)CSc1nc2ccccc2s1. The van der Waals surface area contributed by atoms with Crippen LogP contribution < -0.4 is 5.32 Å². The monoisotopic (exact) mass is 432 g/mol. The van der Waals surface area contributed by atoms with Gasteiger partial charge in [0, 0.05) is 11.8 Å². The third-order valence-corrected chi connectivity index (χ3v) is 7.44. The molecule has 1 saturated carbocycles. The second kappa shape index (κ2) is 9.98. The van der Waals surface area contributed by atoms with Crippen molar-refractivity contribution in [2.75, 3.05) is 5.75 Å². The average molecular weight is 433 g/mol. The van der Waals surface area contributed by atoms with Gasteiger partial charge in [0.15, 0.2) is 4.34 Å². The van der Waals surface area contributed by atoms with Crippen molar-refractivity contribution in [1.82, 2.24) is 10.3 Å². The first-order chi connectivity index (χ1) is 13.8. The van der Waals surface area contributed by atoms with E-state index in [4.69, 9.17) is 9.72 Å². The lowest BCUT2D eigenvalue weighted by Crippen LogP contribution is -2.40. The predicted molar refractivity (Wildman–Crippen MR) is 124 cm³/mol. The van der Waals surface area contributed by atoms with E-state index in [0.29, 0.717) is 5.92 Å². The summed E-state index contributed by atoms with van der Waals surface area (Å²) in [6.45, 7) is 7.91. The number of nitrogens with zero attached hydrogens (tertiary/aromatic N) is 1. The van der Waals surface area contributed by atoms with Gasteiger partial charge in [-0.25, -0.2) is 9.78 Å². The summed E-state index contributed by atoms with van der Waals surface area (Å²) in [5.41, 5.74) is 2.08. The van der Waals surface area contributed by atoms with Gasteiger partial charge < -0.3 is 10.1 Å². The number of hydrogen-bond donors (Lipinski definition) is 1. The number of rotatable bonds is 6. The Morgan fingerprint density at radius 1 is 1.28 bits per heavy atom. The summed E-state index contributed by atoms with van der Waals surface area (Å²) >= 11 is 3.60. The van der Waals surface area contributed by atoms with E-state index in [1.165, 1.54) is 10.3 Å². The van der Waals surface area contributed by atoms with Gasteiger partial charge in [-0.3, -0.25) is 0 Å². The molecule has 0 saturated heterocycles. The lowest BCUT2D eigenvalue weighted by atomic mass is 9.84. The zero-order chi connectivity index (χ0) is 20.9. The Kier molecular flexibility index (Phi) is 7.63. The van der Waals surface area contributed by atoms with Gasteiger partial charge >= 0.3 is 6.09 Å². The molecule has 1 fully saturated rings. The summed E-state index contributed by atoms with van der Waals surface area (Å²) in [5.74, 6) is 1.71. The minimum absolute atomic E-state index is 0.251. The van der Waals surface area contributed by atoms with Crippen molar-refractivity contribution < 1.29 is 9.53 Å². The Balaban J connectivity index is 1.37. The largest absolute Gasteiger partial charge is 0.444 e. The Bertz CT molecular complexity index is 813. The number of allylic oxidation sites excluding steroid dienone is 1. The van der Waals surface area contributed by atoms with E-state index in [1.807, 2.05) is 38.6 Å². The Morgan fingerprint density at radius 3 is 2.69 bits per heavy atom. The van der Waals surface area contributed by atoms with Crippen LogP contribution in [0.2, 0.25) is 0 Å². The molecule has 1 heterocycles. The van der Waals surface area contributed by atoms with E-state index in [2.05, 4.69) is 36.5 Å². The van der Waals surface area contributed by atoms with Crippen LogP contribution >= 0.6 is 23.1 Å². The molecule has 158 valence electrons. The normalized spacial score (nSPS) is 20.6. The quantitative estimate of drug-likeness (QED) is 0.402. The Labute approximate surface area is 182 Å². The number of carbonyl (C=O) groups excluding carboxylic acids is 1. The zero-order valence-electron chi connectivity index (χ0n) is 17.9. The smallest absolute Gasteiger partial charge is 0.407 e. The van der Waals surface area contributed by atoms with Crippen molar-refractivity contribution in [3.05, 3.63) is 35.9 Å². The van der Waals surface area contributed by atoms with E-state index in [1.54, 1.807) is 11.3 Å². The van der Waals surface area contributed by atoms with E-state index in [9.17, 15) is 4.79 Å². The molecule has 1 aromatic heterocycles. The molecule has 0 radical (unpaired) electrons. The molecule has 1 amide bonds. The molecule has 0 unspecified atom stereocenters. The van der Waals surface area contributed by atoms with Crippen LogP contribution in [0.15, 0.2) is 40.3 Å². The summed E-state index contributed by atoms with van der Waals surface area (Å²) in [4.78, 5) is 16.6.